The molecule has 4 nitrogen and oxygen atoms in total. The van der Waals surface area contributed by atoms with Crippen LogP contribution in [0.3, 0.4) is 0 Å². The molecule has 104 valence electrons. The number of hydrogen-bond acceptors (Lipinski definition) is 3. The van der Waals surface area contributed by atoms with Crippen LogP contribution >= 0.6 is 0 Å². The van der Waals surface area contributed by atoms with E-state index in [1.165, 1.54) is 6.07 Å². The molecule has 1 heterocycles. The third-order valence-corrected chi connectivity index (χ3v) is 4.04. The van der Waals surface area contributed by atoms with E-state index in [1.807, 2.05) is 13.0 Å². The van der Waals surface area contributed by atoms with Crippen molar-refractivity contribution in [3.63, 3.8) is 0 Å². The molecule has 1 N–H and O–H groups in total. The third-order valence-electron chi connectivity index (χ3n) is 2.66. The molecule has 0 aliphatic carbocycles. The first-order valence-corrected chi connectivity index (χ1v) is 7.11. The molecule has 0 saturated heterocycles. The normalized spacial score (nSPS) is 12.1. The van der Waals surface area contributed by atoms with E-state index in [4.69, 9.17) is 5.11 Å². The van der Waals surface area contributed by atoms with Crippen molar-refractivity contribution in [1.82, 2.24) is 4.98 Å². The van der Waals surface area contributed by atoms with Crippen LogP contribution in [0, 0.1) is 12.7 Å². The van der Waals surface area contributed by atoms with Crippen molar-refractivity contribution in [3.8, 4) is 0 Å². The van der Waals surface area contributed by atoms with Crippen molar-refractivity contribution in [2.24, 2.45) is 0 Å². The van der Waals surface area contributed by atoms with E-state index in [9.17, 15) is 13.4 Å². The lowest BCUT2D eigenvalue weighted by atomic mass is 10.2. The summed E-state index contributed by atoms with van der Waals surface area (Å²) in [6.07, 6.45) is 3.29. The summed E-state index contributed by atoms with van der Waals surface area (Å²) in [7, 11) is -1.45. The van der Waals surface area contributed by atoms with Gasteiger partial charge in [-0.3, -0.25) is 9.19 Å². The van der Waals surface area contributed by atoms with Crippen molar-refractivity contribution in [1.29, 1.82) is 0 Å². The Balaban J connectivity index is 2.26. The van der Waals surface area contributed by atoms with Crippen molar-refractivity contribution in [2.45, 2.75) is 17.6 Å². The number of carbonyl (C=O) groups is 1. The van der Waals surface area contributed by atoms with E-state index in [0.29, 0.717) is 0 Å². The summed E-state index contributed by atoms with van der Waals surface area (Å²) in [5, 5.41) is 8.85. The predicted molar refractivity (Wildman–Crippen MR) is 72.4 cm³/mol. The minimum absolute atomic E-state index is 0.208. The molecule has 20 heavy (non-hydrogen) atoms. The lowest BCUT2D eigenvalue weighted by Crippen LogP contribution is -2.04. The maximum atomic E-state index is 13.3. The summed E-state index contributed by atoms with van der Waals surface area (Å²) in [6.45, 7) is 1.87. The van der Waals surface area contributed by atoms with E-state index in [-0.39, 0.29) is 10.6 Å². The van der Waals surface area contributed by atoms with Gasteiger partial charge in [-0.05, 0) is 36.2 Å². The highest BCUT2D eigenvalue weighted by Gasteiger charge is 2.14. The molecule has 0 aliphatic heterocycles. The highest BCUT2D eigenvalue weighted by atomic mass is 32.2. The Morgan fingerprint density at radius 2 is 2.10 bits per heavy atom. The van der Waals surface area contributed by atoms with Gasteiger partial charge in [0.25, 0.3) is 0 Å². The SMILES string of the molecule is Cc1cncc(CS(=O)c2ccc(F)c(C(=O)O)c2)c1. The van der Waals surface area contributed by atoms with Crippen molar-refractivity contribution >= 4 is 16.8 Å². The average Bonchev–Trinajstić information content (AvgIpc) is 2.38. The molecular formula is C14H12FNO3S. The number of rotatable bonds is 4. The molecule has 6 heteroatoms. The molecule has 2 aromatic rings. The number of aromatic nitrogens is 1. The molecule has 0 saturated carbocycles. The molecule has 1 aromatic carbocycles. The van der Waals surface area contributed by atoms with Gasteiger partial charge < -0.3 is 5.11 Å². The molecule has 0 fully saturated rings. The second-order valence-electron chi connectivity index (χ2n) is 4.31. The predicted octanol–water partition coefficient (Wildman–Crippen LogP) is 2.54. The first kappa shape index (κ1) is 14.3. The summed E-state index contributed by atoms with van der Waals surface area (Å²) in [6, 6.07) is 5.32. The van der Waals surface area contributed by atoms with Gasteiger partial charge in [-0.15, -0.1) is 0 Å². The number of aryl methyl sites for hydroxylation is 1. The molecule has 0 amide bonds. The fourth-order valence-electron chi connectivity index (χ4n) is 1.74. The number of benzene rings is 1. The summed E-state index contributed by atoms with van der Waals surface area (Å²) in [5.74, 6) is -2.01. The first-order chi connectivity index (χ1) is 9.47. The zero-order chi connectivity index (χ0) is 14.7. The quantitative estimate of drug-likeness (QED) is 0.940. The maximum absolute atomic E-state index is 13.3. The highest BCUT2D eigenvalue weighted by molar-refractivity contribution is 7.84. The number of carboxylic acid groups (broad SMARTS) is 1. The monoisotopic (exact) mass is 293 g/mol. The number of pyridine rings is 1. The molecular weight excluding hydrogens is 281 g/mol. The van der Waals surface area contributed by atoms with Gasteiger partial charge in [0.05, 0.1) is 22.1 Å². The molecule has 0 aliphatic rings. The van der Waals surface area contributed by atoms with Gasteiger partial charge in [0.15, 0.2) is 0 Å². The molecule has 1 unspecified atom stereocenters. The van der Waals surface area contributed by atoms with Gasteiger partial charge >= 0.3 is 5.97 Å². The van der Waals surface area contributed by atoms with Crippen molar-refractivity contribution < 1.29 is 18.5 Å². The van der Waals surface area contributed by atoms with E-state index >= 15 is 0 Å². The van der Waals surface area contributed by atoms with Crippen LogP contribution in [0.1, 0.15) is 21.5 Å². The van der Waals surface area contributed by atoms with Crippen LogP contribution in [0.2, 0.25) is 0 Å². The average molecular weight is 293 g/mol. The zero-order valence-electron chi connectivity index (χ0n) is 10.7. The Kier molecular flexibility index (Phi) is 4.24. The van der Waals surface area contributed by atoms with Gasteiger partial charge in [0, 0.05) is 17.3 Å². The Bertz CT molecular complexity index is 688. The van der Waals surface area contributed by atoms with E-state index in [1.54, 1.807) is 12.4 Å². The number of nitrogens with zero attached hydrogens (tertiary/aromatic N) is 1. The maximum Gasteiger partial charge on any atom is 0.338 e. The summed E-state index contributed by atoms with van der Waals surface area (Å²) >= 11 is 0. The van der Waals surface area contributed by atoms with Gasteiger partial charge in [-0.1, -0.05) is 6.07 Å². The highest BCUT2D eigenvalue weighted by Crippen LogP contribution is 2.17. The van der Waals surface area contributed by atoms with E-state index < -0.39 is 28.1 Å². The van der Waals surface area contributed by atoms with Gasteiger partial charge in [-0.25, -0.2) is 9.18 Å². The second kappa shape index (κ2) is 5.92. The van der Waals surface area contributed by atoms with Crippen LogP contribution in [0.15, 0.2) is 41.6 Å². The number of halogens is 1. The summed E-state index contributed by atoms with van der Waals surface area (Å²) in [5.41, 5.74) is 1.26. The topological polar surface area (TPSA) is 67.3 Å². The lowest BCUT2D eigenvalue weighted by molar-refractivity contribution is 0.0691. The largest absolute Gasteiger partial charge is 0.478 e. The Labute approximate surface area is 117 Å². The molecule has 0 spiro atoms. The first-order valence-electron chi connectivity index (χ1n) is 5.79. The van der Waals surface area contributed by atoms with Crippen molar-refractivity contribution in [3.05, 3.63) is 59.2 Å². The van der Waals surface area contributed by atoms with Crippen LogP contribution < -0.4 is 0 Å². The van der Waals surface area contributed by atoms with Crippen molar-refractivity contribution in [2.75, 3.05) is 0 Å². The Hall–Kier alpha value is -2.08. The lowest BCUT2D eigenvalue weighted by Gasteiger charge is -2.05. The number of carboxylic acids is 1. The smallest absolute Gasteiger partial charge is 0.338 e. The minimum atomic E-state index is -1.45. The standard InChI is InChI=1S/C14H12FNO3S/c1-9-4-10(7-16-6-9)8-20(19)11-2-3-13(15)12(5-11)14(17)18/h2-7H,8H2,1H3,(H,17,18). The molecule has 2 rings (SSSR count). The second-order valence-corrected chi connectivity index (χ2v) is 5.76. The van der Waals surface area contributed by atoms with Crippen LogP contribution in [0.25, 0.3) is 0 Å². The molecule has 1 aromatic heterocycles. The fourth-order valence-corrected chi connectivity index (χ4v) is 2.84. The summed E-state index contributed by atoms with van der Waals surface area (Å²) < 4.78 is 25.5. The Morgan fingerprint density at radius 3 is 2.75 bits per heavy atom. The molecule has 0 radical (unpaired) electrons. The van der Waals surface area contributed by atoms with Crippen LogP contribution in [0.4, 0.5) is 4.39 Å². The zero-order valence-corrected chi connectivity index (χ0v) is 11.5. The number of hydrogen-bond donors (Lipinski definition) is 1. The van der Waals surface area contributed by atoms with Gasteiger partial charge in [0.1, 0.15) is 5.82 Å². The Morgan fingerprint density at radius 1 is 1.35 bits per heavy atom. The van der Waals surface area contributed by atoms with Gasteiger partial charge in [-0.2, -0.15) is 0 Å². The minimum Gasteiger partial charge on any atom is -0.478 e. The fraction of sp³-hybridized carbons (Fsp3) is 0.143. The van der Waals surface area contributed by atoms with E-state index in [0.717, 1.165) is 23.3 Å². The molecule has 0 bridgehead atoms. The van der Waals surface area contributed by atoms with E-state index in [2.05, 4.69) is 4.98 Å². The summed E-state index contributed by atoms with van der Waals surface area (Å²) in [4.78, 5) is 15.1. The third kappa shape index (κ3) is 3.27. The van der Waals surface area contributed by atoms with Crippen LogP contribution in [0.5, 0.6) is 0 Å². The van der Waals surface area contributed by atoms with Crippen LogP contribution in [-0.4, -0.2) is 20.3 Å². The van der Waals surface area contributed by atoms with Gasteiger partial charge in [0.2, 0.25) is 0 Å². The van der Waals surface area contributed by atoms with Crippen LogP contribution in [-0.2, 0) is 16.6 Å². The number of aromatic carboxylic acids is 1. The molecule has 1 atom stereocenters.